The number of ether oxygens (including phenoxy) is 1. The van der Waals surface area contributed by atoms with E-state index in [0.717, 1.165) is 0 Å². The van der Waals surface area contributed by atoms with E-state index in [1.807, 2.05) is 0 Å². The van der Waals surface area contributed by atoms with Crippen molar-refractivity contribution in [3.05, 3.63) is 0 Å². The molecule has 0 spiro atoms. The highest BCUT2D eigenvalue weighted by molar-refractivity contribution is 5.88. The Hall–Kier alpha value is -1.67. The minimum absolute atomic E-state index is 0.243. The molecule has 1 fully saturated rings. The van der Waals surface area contributed by atoms with Gasteiger partial charge in [0.1, 0.15) is 6.04 Å². The highest BCUT2D eigenvalue weighted by Gasteiger charge is 2.36. The van der Waals surface area contributed by atoms with Crippen LogP contribution in [0.3, 0.4) is 0 Å². The van der Waals surface area contributed by atoms with Crippen molar-refractivity contribution in [1.29, 1.82) is 0 Å². The SMILES string of the molecule is COCCNC(=O)C(C)N1CCNC(=O)C1CC(=O)O. The number of methoxy groups -OCH3 is 1. The molecule has 114 valence electrons. The van der Waals surface area contributed by atoms with Gasteiger partial charge in [-0.2, -0.15) is 0 Å². The van der Waals surface area contributed by atoms with Crippen LogP contribution in [0.15, 0.2) is 0 Å². The topological polar surface area (TPSA) is 108 Å². The number of hydrogen-bond donors (Lipinski definition) is 3. The van der Waals surface area contributed by atoms with E-state index in [9.17, 15) is 14.4 Å². The Balaban J connectivity index is 2.66. The fourth-order valence-electron chi connectivity index (χ4n) is 2.15. The smallest absolute Gasteiger partial charge is 0.305 e. The summed E-state index contributed by atoms with van der Waals surface area (Å²) in [6.07, 6.45) is -0.318. The normalized spacial score (nSPS) is 21.1. The number of hydrogen-bond acceptors (Lipinski definition) is 5. The van der Waals surface area contributed by atoms with Crippen molar-refractivity contribution in [3.8, 4) is 0 Å². The molecule has 1 aliphatic rings. The minimum Gasteiger partial charge on any atom is -0.481 e. The summed E-state index contributed by atoms with van der Waals surface area (Å²) in [6, 6.07) is -1.38. The van der Waals surface area contributed by atoms with Crippen LogP contribution in [0.2, 0.25) is 0 Å². The molecule has 3 N–H and O–H groups in total. The lowest BCUT2D eigenvalue weighted by Gasteiger charge is -2.37. The van der Waals surface area contributed by atoms with E-state index in [1.54, 1.807) is 11.8 Å². The monoisotopic (exact) mass is 287 g/mol. The van der Waals surface area contributed by atoms with E-state index in [1.165, 1.54) is 7.11 Å². The van der Waals surface area contributed by atoms with Crippen LogP contribution in [0.25, 0.3) is 0 Å². The van der Waals surface area contributed by atoms with Crippen molar-refractivity contribution in [2.75, 3.05) is 33.4 Å². The molecular weight excluding hydrogens is 266 g/mol. The summed E-state index contributed by atoms with van der Waals surface area (Å²) in [5.74, 6) is -1.66. The molecule has 1 aliphatic heterocycles. The fourth-order valence-corrected chi connectivity index (χ4v) is 2.15. The fraction of sp³-hybridized carbons (Fsp3) is 0.750. The largest absolute Gasteiger partial charge is 0.481 e. The summed E-state index contributed by atoms with van der Waals surface area (Å²) in [4.78, 5) is 36.2. The third-order valence-electron chi connectivity index (χ3n) is 3.22. The van der Waals surface area contributed by atoms with Gasteiger partial charge in [0.2, 0.25) is 11.8 Å². The maximum atomic E-state index is 12.0. The van der Waals surface area contributed by atoms with Crippen molar-refractivity contribution in [2.45, 2.75) is 25.4 Å². The second kappa shape index (κ2) is 7.81. The van der Waals surface area contributed by atoms with Gasteiger partial charge in [0.15, 0.2) is 0 Å². The molecule has 0 saturated carbocycles. The van der Waals surface area contributed by atoms with Crippen LogP contribution in [-0.2, 0) is 19.1 Å². The molecule has 20 heavy (non-hydrogen) atoms. The van der Waals surface area contributed by atoms with E-state index >= 15 is 0 Å². The quantitative estimate of drug-likeness (QED) is 0.487. The number of carbonyl (C=O) groups is 3. The van der Waals surface area contributed by atoms with Gasteiger partial charge in [-0.1, -0.05) is 0 Å². The number of aliphatic carboxylic acids is 1. The first-order chi connectivity index (χ1) is 9.47. The molecule has 8 heteroatoms. The zero-order valence-electron chi connectivity index (χ0n) is 11.7. The van der Waals surface area contributed by atoms with Gasteiger partial charge < -0.3 is 20.5 Å². The Labute approximate surface area is 117 Å². The number of piperazine rings is 1. The standard InChI is InChI=1S/C12H21N3O5/c1-8(11(18)14-4-6-20-2)15-5-3-13-12(19)9(15)7-10(16)17/h8-9H,3-7H2,1-2H3,(H,13,19)(H,14,18)(H,16,17). The molecule has 8 nitrogen and oxygen atoms in total. The van der Waals surface area contributed by atoms with Crippen LogP contribution < -0.4 is 10.6 Å². The van der Waals surface area contributed by atoms with E-state index < -0.39 is 18.1 Å². The molecule has 0 aromatic heterocycles. The predicted molar refractivity (Wildman–Crippen MR) is 70.1 cm³/mol. The van der Waals surface area contributed by atoms with E-state index in [0.29, 0.717) is 26.2 Å². The van der Waals surface area contributed by atoms with Gasteiger partial charge in [0, 0.05) is 26.7 Å². The number of amides is 2. The van der Waals surface area contributed by atoms with E-state index in [-0.39, 0.29) is 18.2 Å². The lowest BCUT2D eigenvalue weighted by Crippen LogP contribution is -2.61. The summed E-state index contributed by atoms with van der Waals surface area (Å²) < 4.78 is 4.84. The molecular formula is C12H21N3O5. The number of rotatable bonds is 7. The van der Waals surface area contributed by atoms with Crippen LogP contribution >= 0.6 is 0 Å². The summed E-state index contributed by atoms with van der Waals surface area (Å²) in [5.41, 5.74) is 0. The Kier molecular flexibility index (Phi) is 6.40. The van der Waals surface area contributed by atoms with Gasteiger partial charge in [-0.25, -0.2) is 0 Å². The van der Waals surface area contributed by atoms with Gasteiger partial charge in [0.05, 0.1) is 19.1 Å². The summed E-state index contributed by atoms with van der Waals surface area (Å²) in [6.45, 7) is 3.30. The summed E-state index contributed by atoms with van der Waals surface area (Å²) >= 11 is 0. The zero-order valence-corrected chi connectivity index (χ0v) is 11.7. The van der Waals surface area contributed by atoms with Gasteiger partial charge in [-0.05, 0) is 6.92 Å². The van der Waals surface area contributed by atoms with Crippen LogP contribution in [0.1, 0.15) is 13.3 Å². The van der Waals surface area contributed by atoms with Crippen molar-refractivity contribution in [1.82, 2.24) is 15.5 Å². The van der Waals surface area contributed by atoms with Crippen molar-refractivity contribution in [2.24, 2.45) is 0 Å². The molecule has 0 radical (unpaired) electrons. The number of carboxylic acids is 1. The van der Waals surface area contributed by atoms with Crippen molar-refractivity contribution < 1.29 is 24.2 Å². The molecule has 1 rings (SSSR count). The molecule has 1 saturated heterocycles. The molecule has 2 atom stereocenters. The molecule has 0 bridgehead atoms. The molecule has 2 unspecified atom stereocenters. The predicted octanol–water partition coefficient (Wildman–Crippen LogP) is -1.59. The first-order valence-corrected chi connectivity index (χ1v) is 6.49. The van der Waals surface area contributed by atoms with E-state index in [2.05, 4.69) is 10.6 Å². The maximum Gasteiger partial charge on any atom is 0.305 e. The first kappa shape index (κ1) is 16.4. The van der Waals surface area contributed by atoms with Gasteiger partial charge in [-0.3, -0.25) is 19.3 Å². The van der Waals surface area contributed by atoms with Crippen LogP contribution in [-0.4, -0.2) is 73.2 Å². The molecule has 1 heterocycles. The van der Waals surface area contributed by atoms with Crippen molar-refractivity contribution in [3.63, 3.8) is 0 Å². The third-order valence-corrected chi connectivity index (χ3v) is 3.22. The highest BCUT2D eigenvalue weighted by atomic mass is 16.5. The maximum absolute atomic E-state index is 12.0. The molecule has 2 amide bonds. The van der Waals surface area contributed by atoms with Crippen LogP contribution in [0.5, 0.6) is 0 Å². The first-order valence-electron chi connectivity index (χ1n) is 6.49. The van der Waals surface area contributed by atoms with Gasteiger partial charge >= 0.3 is 5.97 Å². The highest BCUT2D eigenvalue weighted by Crippen LogP contribution is 2.13. The Morgan fingerprint density at radius 1 is 1.60 bits per heavy atom. The van der Waals surface area contributed by atoms with Crippen LogP contribution in [0.4, 0.5) is 0 Å². The Morgan fingerprint density at radius 3 is 2.90 bits per heavy atom. The molecule has 0 aromatic carbocycles. The second-order valence-electron chi connectivity index (χ2n) is 4.60. The number of carbonyl (C=O) groups excluding carboxylic acids is 2. The van der Waals surface area contributed by atoms with Crippen LogP contribution in [0, 0.1) is 0 Å². The third kappa shape index (κ3) is 4.46. The van der Waals surface area contributed by atoms with Gasteiger partial charge in [0.25, 0.3) is 0 Å². The average molecular weight is 287 g/mol. The second-order valence-corrected chi connectivity index (χ2v) is 4.60. The summed E-state index contributed by atoms with van der Waals surface area (Å²) in [5, 5.41) is 14.2. The zero-order chi connectivity index (χ0) is 15.1. The number of nitrogens with one attached hydrogen (secondary N) is 2. The van der Waals surface area contributed by atoms with Gasteiger partial charge in [-0.15, -0.1) is 0 Å². The number of nitrogens with zero attached hydrogens (tertiary/aromatic N) is 1. The lowest BCUT2D eigenvalue weighted by atomic mass is 10.1. The Bertz CT molecular complexity index is 374. The van der Waals surface area contributed by atoms with E-state index in [4.69, 9.17) is 9.84 Å². The molecule has 0 aliphatic carbocycles. The lowest BCUT2D eigenvalue weighted by molar-refractivity contribution is -0.145. The van der Waals surface area contributed by atoms with Crippen molar-refractivity contribution >= 4 is 17.8 Å². The number of carboxylic acid groups (broad SMARTS) is 1. The average Bonchev–Trinajstić information content (AvgIpc) is 2.40. The summed E-state index contributed by atoms with van der Waals surface area (Å²) in [7, 11) is 1.54. The molecule has 0 aromatic rings. The minimum atomic E-state index is -1.07. The Morgan fingerprint density at radius 2 is 2.30 bits per heavy atom.